The number of nitrogens with one attached hydrogen (secondary N) is 1. The van der Waals surface area contributed by atoms with E-state index in [0.717, 1.165) is 5.56 Å². The number of aliphatic hydroxyl groups excluding tert-OH is 1. The van der Waals surface area contributed by atoms with E-state index in [1.807, 2.05) is 30.3 Å². The lowest BCUT2D eigenvalue weighted by Crippen LogP contribution is -2.43. The van der Waals surface area contributed by atoms with Crippen LogP contribution in [0.4, 0.5) is 0 Å². The molecule has 1 saturated carbocycles. The molecular formula is C18H18N4O4. The monoisotopic (exact) mass is 354 g/mol. The topological polar surface area (TPSA) is 114 Å². The van der Waals surface area contributed by atoms with Crippen molar-refractivity contribution >= 4 is 5.91 Å². The Morgan fingerprint density at radius 1 is 1.23 bits per heavy atom. The summed E-state index contributed by atoms with van der Waals surface area (Å²) in [6.07, 6.45) is 0.653. The minimum absolute atomic E-state index is 0.0258. The number of hydrogen-bond donors (Lipinski definition) is 2. The van der Waals surface area contributed by atoms with Crippen LogP contribution in [0.1, 0.15) is 54.0 Å². The molecule has 1 atom stereocenters. The second-order valence-electron chi connectivity index (χ2n) is 6.45. The molecule has 4 rings (SSSR count). The summed E-state index contributed by atoms with van der Waals surface area (Å²) < 4.78 is 10.2. The van der Waals surface area contributed by atoms with Crippen molar-refractivity contribution in [3.63, 3.8) is 0 Å². The fraction of sp³-hybridized carbons (Fsp3) is 0.333. The summed E-state index contributed by atoms with van der Waals surface area (Å²) in [5.74, 6) is 1.19. The van der Waals surface area contributed by atoms with Crippen LogP contribution in [0.15, 0.2) is 45.4 Å². The van der Waals surface area contributed by atoms with Gasteiger partial charge < -0.3 is 19.5 Å². The van der Waals surface area contributed by atoms with Gasteiger partial charge >= 0.3 is 0 Å². The minimum atomic E-state index is -0.780. The number of benzene rings is 1. The Morgan fingerprint density at radius 3 is 2.69 bits per heavy atom. The van der Waals surface area contributed by atoms with Crippen molar-refractivity contribution in [1.82, 2.24) is 20.6 Å². The standard InChI is InChI=1S/C18H18N4O4/c1-10(23)18-20-16(22-26-18)12-7-13(8-12)19-17(24)14-9-15(25-21-14)11-5-3-2-4-6-11/h2-6,9-10,12-13,23H,7-8H2,1H3,(H,19,24)/t10-,12?,13?/m1/s1. The first-order valence-corrected chi connectivity index (χ1v) is 8.44. The van der Waals surface area contributed by atoms with Gasteiger partial charge in [-0.1, -0.05) is 40.6 Å². The zero-order chi connectivity index (χ0) is 18.1. The lowest BCUT2D eigenvalue weighted by molar-refractivity contribution is 0.0898. The highest BCUT2D eigenvalue weighted by Gasteiger charge is 2.35. The maximum absolute atomic E-state index is 12.3. The van der Waals surface area contributed by atoms with E-state index in [2.05, 4.69) is 20.6 Å². The molecule has 2 N–H and O–H groups in total. The van der Waals surface area contributed by atoms with Gasteiger partial charge in [-0.05, 0) is 19.8 Å². The fourth-order valence-corrected chi connectivity index (χ4v) is 2.91. The lowest BCUT2D eigenvalue weighted by Gasteiger charge is -2.33. The van der Waals surface area contributed by atoms with Gasteiger partial charge in [0.2, 0.25) is 0 Å². The van der Waals surface area contributed by atoms with Crippen molar-refractivity contribution in [3.05, 3.63) is 53.8 Å². The highest BCUT2D eigenvalue weighted by molar-refractivity contribution is 5.93. The molecule has 134 valence electrons. The molecule has 0 radical (unpaired) electrons. The number of aromatic nitrogens is 3. The molecule has 0 unspecified atom stereocenters. The maximum atomic E-state index is 12.3. The summed E-state index contributed by atoms with van der Waals surface area (Å²) in [5, 5.41) is 20.1. The van der Waals surface area contributed by atoms with E-state index in [-0.39, 0.29) is 29.5 Å². The number of rotatable bonds is 5. The van der Waals surface area contributed by atoms with Gasteiger partial charge in [-0.15, -0.1) is 0 Å². The normalized spacial score (nSPS) is 20.4. The van der Waals surface area contributed by atoms with Gasteiger partial charge in [0.1, 0.15) is 6.10 Å². The third kappa shape index (κ3) is 3.23. The number of aliphatic hydroxyl groups is 1. The molecule has 0 bridgehead atoms. The van der Waals surface area contributed by atoms with Crippen LogP contribution in [0, 0.1) is 0 Å². The average molecular weight is 354 g/mol. The predicted octanol–water partition coefficient (Wildman–Crippen LogP) is 2.45. The van der Waals surface area contributed by atoms with E-state index in [9.17, 15) is 9.90 Å². The van der Waals surface area contributed by atoms with Crippen molar-refractivity contribution in [2.75, 3.05) is 0 Å². The van der Waals surface area contributed by atoms with Gasteiger partial charge in [0, 0.05) is 23.6 Å². The molecule has 0 saturated heterocycles. The van der Waals surface area contributed by atoms with Crippen molar-refractivity contribution in [2.45, 2.75) is 37.8 Å². The largest absolute Gasteiger partial charge is 0.384 e. The third-order valence-corrected chi connectivity index (χ3v) is 4.45. The molecule has 2 aromatic heterocycles. The maximum Gasteiger partial charge on any atom is 0.273 e. The Morgan fingerprint density at radius 2 is 2.00 bits per heavy atom. The minimum Gasteiger partial charge on any atom is -0.384 e. The Bertz CT molecular complexity index is 897. The van der Waals surface area contributed by atoms with Crippen LogP contribution in [0.3, 0.4) is 0 Å². The quantitative estimate of drug-likeness (QED) is 0.723. The molecule has 0 spiro atoms. The number of hydrogen-bond acceptors (Lipinski definition) is 7. The summed E-state index contributed by atoms with van der Waals surface area (Å²) in [5.41, 5.74) is 1.12. The molecule has 2 heterocycles. The van der Waals surface area contributed by atoms with Gasteiger partial charge in [-0.25, -0.2) is 0 Å². The van der Waals surface area contributed by atoms with Crippen LogP contribution in [0.25, 0.3) is 11.3 Å². The second-order valence-corrected chi connectivity index (χ2v) is 6.45. The predicted molar refractivity (Wildman–Crippen MR) is 90.1 cm³/mol. The van der Waals surface area contributed by atoms with E-state index < -0.39 is 6.10 Å². The van der Waals surface area contributed by atoms with E-state index >= 15 is 0 Å². The Balaban J connectivity index is 1.33. The van der Waals surface area contributed by atoms with Crippen molar-refractivity contribution in [2.24, 2.45) is 0 Å². The average Bonchev–Trinajstić information content (AvgIpc) is 3.28. The van der Waals surface area contributed by atoms with Crippen molar-refractivity contribution in [3.8, 4) is 11.3 Å². The van der Waals surface area contributed by atoms with Crippen LogP contribution in [-0.2, 0) is 0 Å². The molecule has 0 aliphatic heterocycles. The molecule has 1 fully saturated rings. The molecular weight excluding hydrogens is 336 g/mol. The first-order chi connectivity index (χ1) is 12.6. The van der Waals surface area contributed by atoms with Gasteiger partial charge in [0.15, 0.2) is 17.3 Å². The Hall–Kier alpha value is -3.00. The summed E-state index contributed by atoms with van der Waals surface area (Å²) >= 11 is 0. The third-order valence-electron chi connectivity index (χ3n) is 4.45. The molecule has 8 heteroatoms. The molecule has 1 aliphatic carbocycles. The first-order valence-electron chi connectivity index (χ1n) is 8.44. The molecule has 1 aliphatic rings. The molecule has 8 nitrogen and oxygen atoms in total. The zero-order valence-electron chi connectivity index (χ0n) is 14.1. The zero-order valence-corrected chi connectivity index (χ0v) is 14.1. The Labute approximate surface area is 149 Å². The SMILES string of the molecule is C[C@@H](O)c1nc(C2CC(NC(=O)c3cc(-c4ccccc4)on3)C2)no1. The molecule has 1 amide bonds. The van der Waals surface area contributed by atoms with Crippen LogP contribution >= 0.6 is 0 Å². The molecule has 26 heavy (non-hydrogen) atoms. The number of carbonyl (C=O) groups excluding carboxylic acids is 1. The van der Waals surface area contributed by atoms with E-state index in [0.29, 0.717) is 24.4 Å². The molecule has 3 aromatic rings. The molecule has 1 aromatic carbocycles. The highest BCUT2D eigenvalue weighted by atomic mass is 16.5. The summed E-state index contributed by atoms with van der Waals surface area (Å²) in [7, 11) is 0. The number of amides is 1. The Kier molecular flexibility index (Phi) is 4.26. The highest BCUT2D eigenvalue weighted by Crippen LogP contribution is 2.35. The van der Waals surface area contributed by atoms with E-state index in [1.54, 1.807) is 13.0 Å². The van der Waals surface area contributed by atoms with Gasteiger partial charge in [-0.2, -0.15) is 4.98 Å². The number of carbonyl (C=O) groups is 1. The van der Waals surface area contributed by atoms with E-state index in [1.165, 1.54) is 0 Å². The van der Waals surface area contributed by atoms with Gasteiger partial charge in [-0.3, -0.25) is 4.79 Å². The van der Waals surface area contributed by atoms with Crippen LogP contribution in [0.5, 0.6) is 0 Å². The number of nitrogens with zero attached hydrogens (tertiary/aromatic N) is 3. The lowest BCUT2D eigenvalue weighted by atomic mass is 9.79. The van der Waals surface area contributed by atoms with Crippen LogP contribution in [-0.4, -0.2) is 32.4 Å². The van der Waals surface area contributed by atoms with Gasteiger partial charge in [0.05, 0.1) is 0 Å². The second kappa shape index (κ2) is 6.72. The fourth-order valence-electron chi connectivity index (χ4n) is 2.91. The summed E-state index contributed by atoms with van der Waals surface area (Å²) in [4.78, 5) is 16.5. The summed E-state index contributed by atoms with van der Waals surface area (Å²) in [6.45, 7) is 1.57. The summed E-state index contributed by atoms with van der Waals surface area (Å²) in [6, 6.07) is 11.2. The van der Waals surface area contributed by atoms with Crippen LogP contribution < -0.4 is 5.32 Å². The van der Waals surface area contributed by atoms with Crippen molar-refractivity contribution in [1.29, 1.82) is 0 Å². The van der Waals surface area contributed by atoms with Crippen molar-refractivity contribution < 1.29 is 18.9 Å². The van der Waals surface area contributed by atoms with Crippen LogP contribution in [0.2, 0.25) is 0 Å². The smallest absolute Gasteiger partial charge is 0.273 e. The van der Waals surface area contributed by atoms with E-state index in [4.69, 9.17) is 9.05 Å². The first kappa shape index (κ1) is 16.5. The van der Waals surface area contributed by atoms with Gasteiger partial charge in [0.25, 0.3) is 11.8 Å².